The molecule has 15 heavy (non-hydrogen) atoms. The maximum atomic E-state index is 12.0. The first-order chi connectivity index (χ1) is 6.63. The quantitative estimate of drug-likeness (QED) is 0.698. The van der Waals surface area contributed by atoms with Crippen molar-refractivity contribution in [1.29, 1.82) is 0 Å². The molecule has 0 saturated carbocycles. The lowest BCUT2D eigenvalue weighted by Gasteiger charge is -2.23. The van der Waals surface area contributed by atoms with Crippen LogP contribution in [0.4, 0.5) is 13.2 Å². The number of aliphatic carboxylic acids is 1. The molecular formula is C7H11F3N2O3. The predicted molar refractivity (Wildman–Crippen MR) is 43.9 cm³/mol. The average molecular weight is 228 g/mol. The van der Waals surface area contributed by atoms with E-state index >= 15 is 0 Å². The summed E-state index contributed by atoms with van der Waals surface area (Å²) in [5, 5.41) is 8.31. The van der Waals surface area contributed by atoms with Crippen LogP contribution < -0.4 is 5.73 Å². The summed E-state index contributed by atoms with van der Waals surface area (Å²) in [6, 6.07) is -1.16. The third-order valence-electron chi connectivity index (χ3n) is 1.40. The van der Waals surface area contributed by atoms with Crippen molar-refractivity contribution in [3.05, 3.63) is 0 Å². The molecule has 1 unspecified atom stereocenters. The van der Waals surface area contributed by atoms with Crippen molar-refractivity contribution >= 4 is 11.9 Å². The number of carboxylic acids is 1. The van der Waals surface area contributed by atoms with Crippen LogP contribution in [0.2, 0.25) is 0 Å². The van der Waals surface area contributed by atoms with Crippen molar-refractivity contribution in [1.82, 2.24) is 4.90 Å². The van der Waals surface area contributed by atoms with Gasteiger partial charge in [-0.1, -0.05) is 0 Å². The van der Waals surface area contributed by atoms with Crippen LogP contribution in [0.1, 0.15) is 6.92 Å². The maximum Gasteiger partial charge on any atom is 0.406 e. The molecule has 5 nitrogen and oxygen atoms in total. The lowest BCUT2D eigenvalue weighted by atomic mass is 10.3. The second-order valence-corrected chi connectivity index (χ2v) is 2.99. The van der Waals surface area contributed by atoms with E-state index in [1.54, 1.807) is 0 Å². The van der Waals surface area contributed by atoms with Crippen LogP contribution in [-0.4, -0.2) is 47.2 Å². The van der Waals surface area contributed by atoms with Gasteiger partial charge in [0, 0.05) is 0 Å². The maximum absolute atomic E-state index is 12.0. The number of hydrogen-bond donors (Lipinski definition) is 2. The van der Waals surface area contributed by atoms with Crippen LogP contribution in [0.3, 0.4) is 0 Å². The Hall–Kier alpha value is -1.31. The summed E-state index contributed by atoms with van der Waals surface area (Å²) < 4.78 is 35.9. The van der Waals surface area contributed by atoms with Crippen molar-refractivity contribution < 1.29 is 27.9 Å². The molecule has 0 aromatic carbocycles. The first-order valence-corrected chi connectivity index (χ1v) is 3.96. The smallest absolute Gasteiger partial charge is 0.406 e. The van der Waals surface area contributed by atoms with Gasteiger partial charge in [0.25, 0.3) is 0 Å². The SMILES string of the molecule is CC(N)C(=O)N(CC(=O)O)CC(F)(F)F. The van der Waals surface area contributed by atoms with Gasteiger partial charge in [-0.3, -0.25) is 9.59 Å². The van der Waals surface area contributed by atoms with Crippen molar-refractivity contribution in [2.24, 2.45) is 5.73 Å². The Kier molecular flexibility index (Phi) is 4.53. The van der Waals surface area contributed by atoms with E-state index in [2.05, 4.69) is 0 Å². The Labute approximate surface area is 83.6 Å². The van der Waals surface area contributed by atoms with Crippen molar-refractivity contribution in [2.75, 3.05) is 13.1 Å². The van der Waals surface area contributed by atoms with E-state index in [0.717, 1.165) is 0 Å². The first kappa shape index (κ1) is 13.7. The fourth-order valence-electron chi connectivity index (χ4n) is 0.879. The van der Waals surface area contributed by atoms with Crippen LogP contribution in [0.25, 0.3) is 0 Å². The Morgan fingerprint density at radius 2 is 1.93 bits per heavy atom. The van der Waals surface area contributed by atoms with Gasteiger partial charge in [-0.15, -0.1) is 0 Å². The van der Waals surface area contributed by atoms with Gasteiger partial charge in [0.15, 0.2) is 0 Å². The summed E-state index contributed by atoms with van der Waals surface area (Å²) >= 11 is 0. The number of hydrogen-bond acceptors (Lipinski definition) is 3. The molecule has 0 aromatic heterocycles. The molecule has 3 N–H and O–H groups in total. The molecule has 0 radical (unpaired) electrons. The number of nitrogens with zero attached hydrogens (tertiary/aromatic N) is 1. The number of nitrogens with two attached hydrogens (primary N) is 1. The van der Waals surface area contributed by atoms with Crippen molar-refractivity contribution in [2.45, 2.75) is 19.1 Å². The number of carbonyl (C=O) groups is 2. The highest BCUT2D eigenvalue weighted by atomic mass is 19.4. The van der Waals surface area contributed by atoms with Crippen LogP contribution in [0.15, 0.2) is 0 Å². The van der Waals surface area contributed by atoms with Gasteiger partial charge >= 0.3 is 12.1 Å². The van der Waals surface area contributed by atoms with E-state index in [0.29, 0.717) is 0 Å². The number of alkyl halides is 3. The lowest BCUT2D eigenvalue weighted by molar-refractivity contribution is -0.166. The predicted octanol–water partition coefficient (Wildman–Crippen LogP) is -0.191. The first-order valence-electron chi connectivity index (χ1n) is 3.96. The van der Waals surface area contributed by atoms with Crippen LogP contribution in [-0.2, 0) is 9.59 Å². The highest BCUT2D eigenvalue weighted by Gasteiger charge is 2.34. The molecule has 1 atom stereocenters. The lowest BCUT2D eigenvalue weighted by Crippen LogP contribution is -2.48. The van der Waals surface area contributed by atoms with E-state index in [-0.39, 0.29) is 4.90 Å². The minimum Gasteiger partial charge on any atom is -0.480 e. The molecule has 0 aliphatic rings. The zero-order valence-corrected chi connectivity index (χ0v) is 7.91. The van der Waals surface area contributed by atoms with Gasteiger partial charge in [0.2, 0.25) is 5.91 Å². The summed E-state index contributed by atoms with van der Waals surface area (Å²) in [4.78, 5) is 21.5. The minimum atomic E-state index is -4.64. The Morgan fingerprint density at radius 1 is 1.47 bits per heavy atom. The fraction of sp³-hybridized carbons (Fsp3) is 0.714. The molecule has 0 aliphatic carbocycles. The molecule has 1 amide bonds. The third kappa shape index (κ3) is 5.89. The molecule has 0 aliphatic heterocycles. The van der Waals surface area contributed by atoms with Gasteiger partial charge in [0.1, 0.15) is 13.1 Å². The molecule has 0 aromatic rings. The van der Waals surface area contributed by atoms with E-state index in [4.69, 9.17) is 10.8 Å². The van der Waals surface area contributed by atoms with Gasteiger partial charge in [-0.25, -0.2) is 0 Å². The third-order valence-corrected chi connectivity index (χ3v) is 1.40. The summed E-state index contributed by atoms with van der Waals surface area (Å²) in [5.74, 6) is -2.57. The van der Waals surface area contributed by atoms with Crippen LogP contribution in [0, 0.1) is 0 Å². The van der Waals surface area contributed by atoms with E-state index in [1.165, 1.54) is 6.92 Å². The van der Waals surface area contributed by atoms with E-state index in [9.17, 15) is 22.8 Å². The summed E-state index contributed by atoms with van der Waals surface area (Å²) in [7, 11) is 0. The molecule has 0 fully saturated rings. The normalized spacial score (nSPS) is 13.4. The summed E-state index contributed by atoms with van der Waals surface area (Å²) in [5.41, 5.74) is 5.08. The molecule has 0 bridgehead atoms. The van der Waals surface area contributed by atoms with Crippen molar-refractivity contribution in [3.8, 4) is 0 Å². The molecule has 0 heterocycles. The Morgan fingerprint density at radius 3 is 2.20 bits per heavy atom. The summed E-state index contributed by atoms with van der Waals surface area (Å²) in [6.45, 7) is -1.44. The molecule has 0 saturated heterocycles. The highest BCUT2D eigenvalue weighted by molar-refractivity contribution is 5.84. The van der Waals surface area contributed by atoms with E-state index < -0.39 is 37.2 Å². The van der Waals surface area contributed by atoms with Gasteiger partial charge < -0.3 is 15.7 Å². The molecular weight excluding hydrogens is 217 g/mol. The second-order valence-electron chi connectivity index (χ2n) is 2.99. The number of carboxylic acid groups (broad SMARTS) is 1. The van der Waals surface area contributed by atoms with Gasteiger partial charge in [0.05, 0.1) is 6.04 Å². The molecule has 0 rings (SSSR count). The summed E-state index contributed by atoms with van der Waals surface area (Å²) in [6.07, 6.45) is -4.64. The molecule has 8 heteroatoms. The number of amides is 1. The topological polar surface area (TPSA) is 83.6 Å². The minimum absolute atomic E-state index is 0.160. The standard InChI is InChI=1S/C7H11F3N2O3/c1-4(11)6(15)12(2-5(13)14)3-7(8,9)10/h4H,2-3,11H2,1H3,(H,13,14). The largest absolute Gasteiger partial charge is 0.480 e. The average Bonchev–Trinajstić information content (AvgIpc) is 1.97. The number of halogens is 3. The second kappa shape index (κ2) is 4.96. The van der Waals surface area contributed by atoms with Crippen molar-refractivity contribution in [3.63, 3.8) is 0 Å². The zero-order chi connectivity index (χ0) is 12.2. The van der Waals surface area contributed by atoms with Gasteiger partial charge in [-0.2, -0.15) is 13.2 Å². The monoisotopic (exact) mass is 228 g/mol. The molecule has 0 spiro atoms. The zero-order valence-electron chi connectivity index (χ0n) is 7.91. The number of rotatable bonds is 4. The highest BCUT2D eigenvalue weighted by Crippen LogP contribution is 2.16. The van der Waals surface area contributed by atoms with E-state index in [1.807, 2.05) is 0 Å². The van der Waals surface area contributed by atoms with Gasteiger partial charge in [-0.05, 0) is 6.92 Å². The number of carbonyl (C=O) groups excluding carboxylic acids is 1. The fourth-order valence-corrected chi connectivity index (χ4v) is 0.879. The van der Waals surface area contributed by atoms with Crippen LogP contribution >= 0.6 is 0 Å². The molecule has 88 valence electrons. The Balaban J connectivity index is 4.59. The van der Waals surface area contributed by atoms with Crippen LogP contribution in [0.5, 0.6) is 0 Å². The Bertz CT molecular complexity index is 252.